The van der Waals surface area contributed by atoms with Gasteiger partial charge in [-0.1, -0.05) is 37.1 Å². The molecule has 0 aliphatic carbocycles. The van der Waals surface area contributed by atoms with Gasteiger partial charge in [0.05, 0.1) is 19.9 Å². The molecule has 0 fully saturated rings. The number of anilines is 2. The minimum Gasteiger partial charge on any atom is -0.497 e. The number of benzene rings is 2. The van der Waals surface area contributed by atoms with Crippen LogP contribution in [0.5, 0.6) is 11.5 Å². The third kappa shape index (κ3) is 4.22. The molecule has 7 heteroatoms. The van der Waals surface area contributed by atoms with Crippen molar-refractivity contribution in [2.24, 2.45) is 0 Å². The molecule has 1 aliphatic heterocycles. The van der Waals surface area contributed by atoms with Crippen LogP contribution in [0.15, 0.2) is 53.2 Å². The summed E-state index contributed by atoms with van der Waals surface area (Å²) in [7, 11) is 2.96. The first-order chi connectivity index (χ1) is 14.0. The Labute approximate surface area is 175 Å². The van der Waals surface area contributed by atoms with Crippen LogP contribution >= 0.6 is 11.6 Å². The van der Waals surface area contributed by atoms with Gasteiger partial charge < -0.3 is 14.8 Å². The highest BCUT2D eigenvalue weighted by Gasteiger charge is 2.40. The third-order valence-electron chi connectivity index (χ3n) is 4.70. The molecule has 1 aliphatic rings. The quantitative estimate of drug-likeness (QED) is 0.645. The van der Waals surface area contributed by atoms with E-state index in [0.29, 0.717) is 17.2 Å². The number of ether oxygens (including phenoxy) is 2. The second-order valence-corrected chi connectivity index (χ2v) is 6.98. The Morgan fingerprint density at radius 1 is 1.00 bits per heavy atom. The monoisotopic (exact) mass is 414 g/mol. The van der Waals surface area contributed by atoms with Gasteiger partial charge in [-0.2, -0.15) is 0 Å². The maximum absolute atomic E-state index is 13.0. The number of hydrogen-bond acceptors (Lipinski definition) is 5. The first-order valence-electron chi connectivity index (χ1n) is 9.36. The van der Waals surface area contributed by atoms with Crippen LogP contribution < -0.4 is 19.7 Å². The van der Waals surface area contributed by atoms with E-state index in [1.165, 1.54) is 19.8 Å². The average Bonchev–Trinajstić information content (AvgIpc) is 2.95. The fourth-order valence-corrected chi connectivity index (χ4v) is 3.29. The van der Waals surface area contributed by atoms with E-state index in [1.807, 2.05) is 24.3 Å². The number of hydrogen-bond donors (Lipinski definition) is 1. The van der Waals surface area contributed by atoms with Crippen molar-refractivity contribution in [3.8, 4) is 11.5 Å². The molecule has 2 aromatic carbocycles. The molecule has 0 unspecified atom stereocenters. The van der Waals surface area contributed by atoms with E-state index in [1.54, 1.807) is 18.2 Å². The summed E-state index contributed by atoms with van der Waals surface area (Å²) >= 11 is 6.22. The van der Waals surface area contributed by atoms with Crippen LogP contribution in [-0.2, 0) is 16.0 Å². The van der Waals surface area contributed by atoms with Crippen LogP contribution in [0.3, 0.4) is 0 Å². The Balaban J connectivity index is 1.86. The smallest absolute Gasteiger partial charge is 0.283 e. The summed E-state index contributed by atoms with van der Waals surface area (Å²) in [6, 6.07) is 12.6. The van der Waals surface area contributed by atoms with Gasteiger partial charge in [0.25, 0.3) is 11.8 Å². The second kappa shape index (κ2) is 9.01. The van der Waals surface area contributed by atoms with Crippen molar-refractivity contribution in [1.29, 1.82) is 0 Å². The standard InChI is InChI=1S/C22H23ClN2O4/c1-4-5-6-14-7-9-15(10-8-14)24-20-19(23)21(26)25(22(20)27)17-13-16(28-2)11-12-18(17)29-3/h7-13,24H,4-6H2,1-3H3. The minimum atomic E-state index is -0.620. The summed E-state index contributed by atoms with van der Waals surface area (Å²) in [5, 5.41) is 2.81. The van der Waals surface area contributed by atoms with Gasteiger partial charge in [-0.15, -0.1) is 0 Å². The first kappa shape index (κ1) is 20.7. The highest BCUT2D eigenvalue weighted by Crippen LogP contribution is 2.37. The SMILES string of the molecule is CCCCc1ccc(NC2=C(Cl)C(=O)N(c3cc(OC)ccc3OC)C2=O)cc1. The molecule has 1 heterocycles. The Hall–Kier alpha value is -2.99. The molecule has 2 amide bonds. The molecule has 152 valence electrons. The summed E-state index contributed by atoms with van der Waals surface area (Å²) < 4.78 is 10.5. The number of carbonyl (C=O) groups is 2. The number of aryl methyl sites for hydroxylation is 1. The summed E-state index contributed by atoms with van der Waals surface area (Å²) in [6.07, 6.45) is 3.25. The Bertz CT molecular complexity index is 954. The normalized spacial score (nSPS) is 13.9. The molecule has 1 N–H and O–H groups in total. The highest BCUT2D eigenvalue weighted by molar-refractivity contribution is 6.53. The van der Waals surface area contributed by atoms with Crippen LogP contribution in [0.1, 0.15) is 25.3 Å². The predicted molar refractivity (Wildman–Crippen MR) is 114 cm³/mol. The largest absolute Gasteiger partial charge is 0.497 e. The second-order valence-electron chi connectivity index (χ2n) is 6.60. The number of amides is 2. The Morgan fingerprint density at radius 2 is 1.72 bits per heavy atom. The van der Waals surface area contributed by atoms with Crippen molar-refractivity contribution in [3.05, 3.63) is 58.8 Å². The number of nitrogens with one attached hydrogen (secondary N) is 1. The van der Waals surface area contributed by atoms with Gasteiger partial charge in [-0.3, -0.25) is 9.59 Å². The average molecular weight is 415 g/mol. The van der Waals surface area contributed by atoms with Crippen LogP contribution in [0.2, 0.25) is 0 Å². The van der Waals surface area contributed by atoms with E-state index in [4.69, 9.17) is 21.1 Å². The first-order valence-corrected chi connectivity index (χ1v) is 9.74. The van der Waals surface area contributed by atoms with Gasteiger partial charge in [0.2, 0.25) is 0 Å². The van der Waals surface area contributed by atoms with Gasteiger partial charge in [0, 0.05) is 11.8 Å². The van der Waals surface area contributed by atoms with Crippen LogP contribution in [0, 0.1) is 0 Å². The summed E-state index contributed by atoms with van der Waals surface area (Å²) in [6.45, 7) is 2.15. The molecule has 2 aromatic rings. The topological polar surface area (TPSA) is 67.9 Å². The molecular formula is C22H23ClN2O4. The lowest BCUT2D eigenvalue weighted by molar-refractivity contribution is -0.120. The molecule has 0 saturated carbocycles. The molecule has 0 aromatic heterocycles. The third-order valence-corrected chi connectivity index (χ3v) is 5.05. The van der Waals surface area contributed by atoms with Gasteiger partial charge >= 0.3 is 0 Å². The van der Waals surface area contributed by atoms with Crippen molar-refractivity contribution >= 4 is 34.8 Å². The van der Waals surface area contributed by atoms with E-state index in [2.05, 4.69) is 12.2 Å². The van der Waals surface area contributed by atoms with Crippen molar-refractivity contribution in [2.75, 3.05) is 24.4 Å². The molecule has 6 nitrogen and oxygen atoms in total. The number of imide groups is 1. The zero-order chi connectivity index (χ0) is 21.0. The molecular weight excluding hydrogens is 392 g/mol. The number of halogens is 1. The maximum atomic E-state index is 13.0. The van der Waals surface area contributed by atoms with Crippen molar-refractivity contribution in [2.45, 2.75) is 26.2 Å². The summed E-state index contributed by atoms with van der Waals surface area (Å²) in [5.41, 5.74) is 2.20. The van der Waals surface area contributed by atoms with Gasteiger partial charge in [-0.05, 0) is 42.7 Å². The van der Waals surface area contributed by atoms with E-state index in [0.717, 1.165) is 24.2 Å². The van der Waals surface area contributed by atoms with Gasteiger partial charge in [0.15, 0.2) is 0 Å². The lowest BCUT2D eigenvalue weighted by Gasteiger charge is -2.19. The molecule has 29 heavy (non-hydrogen) atoms. The number of methoxy groups -OCH3 is 2. The lowest BCUT2D eigenvalue weighted by Crippen LogP contribution is -2.32. The molecule has 0 atom stereocenters. The van der Waals surface area contributed by atoms with Crippen LogP contribution in [-0.4, -0.2) is 26.0 Å². The number of unbranched alkanes of at least 4 members (excludes halogenated alkanes) is 1. The van der Waals surface area contributed by atoms with Gasteiger partial charge in [-0.25, -0.2) is 4.90 Å². The fraction of sp³-hybridized carbons (Fsp3) is 0.273. The maximum Gasteiger partial charge on any atom is 0.283 e. The van der Waals surface area contributed by atoms with Crippen molar-refractivity contribution in [3.63, 3.8) is 0 Å². The summed E-state index contributed by atoms with van der Waals surface area (Å²) in [4.78, 5) is 26.7. The van der Waals surface area contributed by atoms with E-state index in [-0.39, 0.29) is 16.4 Å². The molecule has 0 saturated heterocycles. The number of nitrogens with zero attached hydrogens (tertiary/aromatic N) is 1. The number of rotatable bonds is 8. The van der Waals surface area contributed by atoms with Crippen LogP contribution in [0.4, 0.5) is 11.4 Å². The van der Waals surface area contributed by atoms with Crippen molar-refractivity contribution < 1.29 is 19.1 Å². The molecule has 0 bridgehead atoms. The predicted octanol–water partition coefficient (Wildman–Crippen LogP) is 4.48. The minimum absolute atomic E-state index is 0.0304. The van der Waals surface area contributed by atoms with E-state index in [9.17, 15) is 9.59 Å². The van der Waals surface area contributed by atoms with E-state index >= 15 is 0 Å². The molecule has 0 spiro atoms. The molecule has 3 rings (SSSR count). The van der Waals surface area contributed by atoms with Crippen molar-refractivity contribution in [1.82, 2.24) is 0 Å². The fourth-order valence-electron chi connectivity index (χ4n) is 3.08. The lowest BCUT2D eigenvalue weighted by atomic mass is 10.1. The number of carbonyl (C=O) groups excluding carboxylic acids is 2. The Kier molecular flexibility index (Phi) is 6.44. The zero-order valence-electron chi connectivity index (χ0n) is 16.6. The highest BCUT2D eigenvalue weighted by atomic mass is 35.5. The van der Waals surface area contributed by atoms with E-state index < -0.39 is 11.8 Å². The Morgan fingerprint density at radius 3 is 2.34 bits per heavy atom. The summed E-state index contributed by atoms with van der Waals surface area (Å²) in [5.74, 6) is -0.327. The van der Waals surface area contributed by atoms with Crippen LogP contribution in [0.25, 0.3) is 0 Å². The molecule has 0 radical (unpaired) electrons. The van der Waals surface area contributed by atoms with Gasteiger partial charge in [0.1, 0.15) is 22.2 Å². The zero-order valence-corrected chi connectivity index (χ0v) is 17.4.